The van der Waals surface area contributed by atoms with Crippen LogP contribution < -0.4 is 10.6 Å². The molecule has 0 heterocycles. The summed E-state index contributed by atoms with van der Waals surface area (Å²) < 4.78 is 0. The number of nitrogens with one attached hydrogen (secondary N) is 2. The van der Waals surface area contributed by atoms with Gasteiger partial charge in [-0.05, 0) is 36.6 Å². The van der Waals surface area contributed by atoms with Gasteiger partial charge in [-0.3, -0.25) is 9.59 Å². The molecular formula is C14H20N2O3. The second-order valence-electron chi connectivity index (χ2n) is 4.59. The molecule has 0 saturated carbocycles. The number of carbonyl (C=O) groups is 2. The van der Waals surface area contributed by atoms with E-state index in [2.05, 4.69) is 10.6 Å². The average Bonchev–Trinajstić information content (AvgIpc) is 2.36. The smallest absolute Gasteiger partial charge is 0.251 e. The van der Waals surface area contributed by atoms with Crippen LogP contribution in [0.5, 0.6) is 0 Å². The Morgan fingerprint density at radius 2 is 1.89 bits per heavy atom. The number of anilines is 1. The van der Waals surface area contributed by atoms with Gasteiger partial charge >= 0.3 is 0 Å². The van der Waals surface area contributed by atoms with E-state index in [1.165, 1.54) is 6.92 Å². The molecule has 0 saturated heterocycles. The normalized spacial score (nSPS) is 11.7. The van der Waals surface area contributed by atoms with Crippen molar-refractivity contribution < 1.29 is 14.7 Å². The SMILES string of the molecule is CC(=O)Nc1ccc(C(=O)NCC(C)CCO)cc1. The second kappa shape index (κ2) is 7.53. The van der Waals surface area contributed by atoms with E-state index in [1.54, 1.807) is 24.3 Å². The van der Waals surface area contributed by atoms with Gasteiger partial charge < -0.3 is 15.7 Å². The number of hydrogen-bond donors (Lipinski definition) is 3. The molecule has 3 N–H and O–H groups in total. The van der Waals surface area contributed by atoms with Crippen molar-refractivity contribution in [3.63, 3.8) is 0 Å². The molecule has 0 aromatic heterocycles. The van der Waals surface area contributed by atoms with Crippen LogP contribution in [-0.4, -0.2) is 30.1 Å². The number of benzene rings is 1. The van der Waals surface area contributed by atoms with Crippen molar-refractivity contribution in [1.82, 2.24) is 5.32 Å². The summed E-state index contributed by atoms with van der Waals surface area (Å²) in [4.78, 5) is 22.7. The predicted molar refractivity (Wildman–Crippen MR) is 73.9 cm³/mol. The minimum atomic E-state index is -0.154. The lowest BCUT2D eigenvalue weighted by Crippen LogP contribution is -2.28. The molecule has 0 spiro atoms. The summed E-state index contributed by atoms with van der Waals surface area (Å²) in [5, 5.41) is 14.2. The first-order valence-corrected chi connectivity index (χ1v) is 6.29. The first-order chi connectivity index (χ1) is 9.02. The van der Waals surface area contributed by atoms with Crippen LogP contribution in [0, 0.1) is 5.92 Å². The Morgan fingerprint density at radius 3 is 2.42 bits per heavy atom. The molecule has 19 heavy (non-hydrogen) atoms. The van der Waals surface area contributed by atoms with Crippen LogP contribution in [0.4, 0.5) is 5.69 Å². The summed E-state index contributed by atoms with van der Waals surface area (Å²) >= 11 is 0. The maximum atomic E-state index is 11.8. The Bertz CT molecular complexity index is 429. The quantitative estimate of drug-likeness (QED) is 0.726. The summed E-state index contributed by atoms with van der Waals surface area (Å²) in [7, 11) is 0. The number of rotatable bonds is 6. The topological polar surface area (TPSA) is 78.4 Å². The third kappa shape index (κ3) is 5.52. The van der Waals surface area contributed by atoms with E-state index in [0.29, 0.717) is 24.2 Å². The van der Waals surface area contributed by atoms with Crippen LogP contribution in [0.1, 0.15) is 30.6 Å². The fraction of sp³-hybridized carbons (Fsp3) is 0.429. The van der Waals surface area contributed by atoms with Gasteiger partial charge in [0.2, 0.25) is 5.91 Å². The molecule has 5 nitrogen and oxygen atoms in total. The highest BCUT2D eigenvalue weighted by molar-refractivity contribution is 5.95. The van der Waals surface area contributed by atoms with Crippen molar-refractivity contribution in [3.8, 4) is 0 Å². The molecule has 1 aromatic rings. The minimum absolute atomic E-state index is 0.127. The predicted octanol–water partition coefficient (Wildman–Crippen LogP) is 1.39. The van der Waals surface area contributed by atoms with Crippen LogP contribution in [0.15, 0.2) is 24.3 Å². The Hall–Kier alpha value is -1.88. The average molecular weight is 264 g/mol. The first-order valence-electron chi connectivity index (χ1n) is 6.29. The molecule has 1 rings (SSSR count). The number of hydrogen-bond acceptors (Lipinski definition) is 3. The van der Waals surface area contributed by atoms with E-state index in [9.17, 15) is 9.59 Å². The Balaban J connectivity index is 2.51. The summed E-state index contributed by atoms with van der Waals surface area (Å²) in [5.41, 5.74) is 1.21. The van der Waals surface area contributed by atoms with Crippen LogP contribution in [0.3, 0.4) is 0 Å². The number of aliphatic hydroxyl groups is 1. The molecule has 1 unspecified atom stereocenters. The van der Waals surface area contributed by atoms with Crippen LogP contribution in [0.2, 0.25) is 0 Å². The van der Waals surface area contributed by atoms with Crippen LogP contribution in [-0.2, 0) is 4.79 Å². The molecule has 0 radical (unpaired) electrons. The molecule has 5 heteroatoms. The van der Waals surface area contributed by atoms with Gasteiger partial charge in [-0.2, -0.15) is 0 Å². The molecular weight excluding hydrogens is 244 g/mol. The van der Waals surface area contributed by atoms with Crippen LogP contribution >= 0.6 is 0 Å². The number of amides is 2. The summed E-state index contributed by atoms with van der Waals surface area (Å²) in [5.74, 6) is -0.0539. The lowest BCUT2D eigenvalue weighted by atomic mass is 10.1. The minimum Gasteiger partial charge on any atom is -0.396 e. The lowest BCUT2D eigenvalue weighted by molar-refractivity contribution is -0.114. The van der Waals surface area contributed by atoms with Crippen molar-refractivity contribution >= 4 is 17.5 Å². The molecule has 2 amide bonds. The first kappa shape index (κ1) is 15.2. The number of aliphatic hydroxyl groups excluding tert-OH is 1. The van der Waals surface area contributed by atoms with E-state index in [0.717, 1.165) is 0 Å². The summed E-state index contributed by atoms with van der Waals surface area (Å²) in [6.07, 6.45) is 0.668. The molecule has 1 atom stereocenters. The molecule has 0 aliphatic carbocycles. The monoisotopic (exact) mass is 264 g/mol. The Morgan fingerprint density at radius 1 is 1.26 bits per heavy atom. The Kier molecular flexibility index (Phi) is 6.02. The highest BCUT2D eigenvalue weighted by Crippen LogP contribution is 2.09. The van der Waals surface area contributed by atoms with Gasteiger partial charge in [0.1, 0.15) is 0 Å². The lowest BCUT2D eigenvalue weighted by Gasteiger charge is -2.11. The molecule has 104 valence electrons. The highest BCUT2D eigenvalue weighted by atomic mass is 16.3. The largest absolute Gasteiger partial charge is 0.396 e. The molecule has 0 fully saturated rings. The van der Waals surface area contributed by atoms with E-state index in [1.807, 2.05) is 6.92 Å². The van der Waals surface area contributed by atoms with Crippen LogP contribution in [0.25, 0.3) is 0 Å². The molecule has 0 aliphatic rings. The van der Waals surface area contributed by atoms with E-state index in [-0.39, 0.29) is 24.3 Å². The van der Waals surface area contributed by atoms with Crippen molar-refractivity contribution in [2.45, 2.75) is 20.3 Å². The second-order valence-corrected chi connectivity index (χ2v) is 4.59. The standard InChI is InChI=1S/C14H20N2O3/c1-10(7-8-17)9-15-14(19)12-3-5-13(6-4-12)16-11(2)18/h3-6,10,17H,7-9H2,1-2H3,(H,15,19)(H,16,18). The fourth-order valence-electron chi connectivity index (χ4n) is 1.60. The summed E-state index contributed by atoms with van der Waals surface area (Å²) in [6.45, 7) is 4.06. The van der Waals surface area contributed by atoms with E-state index < -0.39 is 0 Å². The third-order valence-corrected chi connectivity index (χ3v) is 2.70. The Labute approximate surface area is 113 Å². The third-order valence-electron chi connectivity index (χ3n) is 2.70. The molecule has 0 aliphatic heterocycles. The van der Waals surface area contributed by atoms with Gasteiger partial charge in [-0.1, -0.05) is 6.92 Å². The fourth-order valence-corrected chi connectivity index (χ4v) is 1.60. The zero-order valence-corrected chi connectivity index (χ0v) is 11.3. The zero-order chi connectivity index (χ0) is 14.3. The van der Waals surface area contributed by atoms with Gasteiger partial charge in [0.15, 0.2) is 0 Å². The van der Waals surface area contributed by atoms with Gasteiger partial charge in [-0.15, -0.1) is 0 Å². The number of carbonyl (C=O) groups excluding carboxylic acids is 2. The molecule has 1 aromatic carbocycles. The van der Waals surface area contributed by atoms with Crippen molar-refractivity contribution in [1.29, 1.82) is 0 Å². The van der Waals surface area contributed by atoms with Gasteiger partial charge in [0.05, 0.1) is 0 Å². The summed E-state index contributed by atoms with van der Waals surface area (Å²) in [6, 6.07) is 6.70. The van der Waals surface area contributed by atoms with Crippen molar-refractivity contribution in [2.24, 2.45) is 5.92 Å². The van der Waals surface area contributed by atoms with Gasteiger partial charge in [-0.25, -0.2) is 0 Å². The maximum absolute atomic E-state index is 11.8. The van der Waals surface area contributed by atoms with Gasteiger partial charge in [0, 0.05) is 31.3 Å². The van der Waals surface area contributed by atoms with E-state index in [4.69, 9.17) is 5.11 Å². The highest BCUT2D eigenvalue weighted by Gasteiger charge is 2.07. The molecule has 0 bridgehead atoms. The van der Waals surface area contributed by atoms with Gasteiger partial charge in [0.25, 0.3) is 5.91 Å². The zero-order valence-electron chi connectivity index (χ0n) is 11.3. The van der Waals surface area contributed by atoms with E-state index >= 15 is 0 Å². The van der Waals surface area contributed by atoms with Crippen molar-refractivity contribution in [3.05, 3.63) is 29.8 Å². The van der Waals surface area contributed by atoms with Crippen molar-refractivity contribution in [2.75, 3.05) is 18.5 Å². The maximum Gasteiger partial charge on any atom is 0.251 e.